The van der Waals surface area contributed by atoms with Crippen LogP contribution in [0, 0.1) is 5.92 Å². The Kier molecular flexibility index (Phi) is 12.5. The van der Waals surface area contributed by atoms with Crippen LogP contribution in [0.2, 0.25) is 0 Å². The fourth-order valence-corrected chi connectivity index (χ4v) is 2.47. The van der Waals surface area contributed by atoms with E-state index in [-0.39, 0.29) is 22.2 Å². The Labute approximate surface area is 113 Å². The molecule has 1 aliphatic rings. The summed E-state index contributed by atoms with van der Waals surface area (Å²) >= 11 is 0. The van der Waals surface area contributed by atoms with Crippen molar-refractivity contribution >= 4 is 9.03 Å². The summed E-state index contributed by atoms with van der Waals surface area (Å²) in [5.41, 5.74) is 0. The predicted octanol–water partition coefficient (Wildman–Crippen LogP) is 2.88. The minimum absolute atomic E-state index is 0.0733. The third-order valence-corrected chi connectivity index (χ3v) is 3.58. The van der Waals surface area contributed by atoms with Crippen LogP contribution in [0.3, 0.4) is 0 Å². The number of aliphatic hydroxyl groups is 2. The first-order valence-electron chi connectivity index (χ1n) is 6.95. The molecule has 0 aliphatic heterocycles. The van der Waals surface area contributed by atoms with Crippen molar-refractivity contribution in [3.8, 4) is 0 Å². The highest BCUT2D eigenvalue weighted by Gasteiger charge is 2.19. The first-order chi connectivity index (χ1) is 8.67. The highest BCUT2D eigenvalue weighted by Crippen LogP contribution is 2.31. The van der Waals surface area contributed by atoms with E-state index in [9.17, 15) is 0 Å². The van der Waals surface area contributed by atoms with Gasteiger partial charge in [0.2, 0.25) is 0 Å². The Morgan fingerprint density at radius 1 is 1.22 bits per heavy atom. The van der Waals surface area contributed by atoms with Crippen molar-refractivity contribution in [2.24, 2.45) is 5.92 Å². The van der Waals surface area contributed by atoms with Gasteiger partial charge in [0.05, 0.1) is 19.3 Å². The second kappa shape index (κ2) is 12.3. The average Bonchev–Trinajstić information content (AvgIpc) is 2.36. The summed E-state index contributed by atoms with van der Waals surface area (Å²) in [6.45, 7) is 6.17. The lowest BCUT2D eigenvalue weighted by atomic mass is 9.89. The van der Waals surface area contributed by atoms with Crippen LogP contribution < -0.4 is 0 Å². The Hall–Kier alpha value is 0.270. The predicted molar refractivity (Wildman–Crippen MR) is 75.8 cm³/mol. The summed E-state index contributed by atoms with van der Waals surface area (Å²) in [5.74, 6) is 0.736. The molecule has 1 fully saturated rings. The second-order valence-corrected chi connectivity index (χ2v) is 5.55. The Morgan fingerprint density at radius 2 is 1.83 bits per heavy atom. The van der Waals surface area contributed by atoms with Gasteiger partial charge in [0.15, 0.2) is 9.03 Å². The topological polar surface area (TPSA) is 58.9 Å². The maximum atomic E-state index is 8.77. The van der Waals surface area contributed by atoms with Gasteiger partial charge in [0.1, 0.15) is 6.10 Å². The zero-order valence-electron chi connectivity index (χ0n) is 11.9. The van der Waals surface area contributed by atoms with Crippen LogP contribution in [0.25, 0.3) is 0 Å². The molecule has 0 saturated heterocycles. The van der Waals surface area contributed by atoms with E-state index < -0.39 is 6.10 Å². The normalized spacial score (nSPS) is 24.3. The zero-order valence-corrected chi connectivity index (χ0v) is 12.9. The van der Waals surface area contributed by atoms with E-state index in [2.05, 4.69) is 20.8 Å². The van der Waals surface area contributed by atoms with E-state index in [1.165, 1.54) is 19.3 Å². The summed E-state index contributed by atoms with van der Waals surface area (Å²) in [6.07, 6.45) is 5.76. The van der Waals surface area contributed by atoms with Crippen LogP contribution in [-0.4, -0.2) is 35.6 Å². The minimum Gasteiger partial charge on any atom is -0.394 e. The van der Waals surface area contributed by atoms with E-state index in [1.807, 2.05) is 0 Å². The van der Waals surface area contributed by atoms with Gasteiger partial charge < -0.3 is 19.3 Å². The molecule has 0 aromatic carbocycles. The highest BCUT2D eigenvalue weighted by molar-refractivity contribution is 7.26. The monoisotopic (exact) mass is 280 g/mol. The van der Waals surface area contributed by atoms with Crippen molar-refractivity contribution in [1.82, 2.24) is 0 Å². The smallest absolute Gasteiger partial charge is 0.155 e. The SMILES string of the molecule is CC1CCCC(OPOC(CO)CO)C1.CCC. The molecule has 4 nitrogen and oxygen atoms in total. The Bertz CT molecular complexity index is 176. The molecule has 0 aromatic heterocycles. The first-order valence-corrected chi connectivity index (χ1v) is 7.77. The summed E-state index contributed by atoms with van der Waals surface area (Å²) < 4.78 is 10.8. The highest BCUT2D eigenvalue weighted by atomic mass is 31.1. The maximum Gasteiger partial charge on any atom is 0.155 e. The van der Waals surface area contributed by atoms with Gasteiger partial charge in [-0.3, -0.25) is 0 Å². The molecule has 5 heteroatoms. The maximum absolute atomic E-state index is 8.77. The van der Waals surface area contributed by atoms with Gasteiger partial charge >= 0.3 is 0 Å². The van der Waals surface area contributed by atoms with Crippen molar-refractivity contribution in [3.63, 3.8) is 0 Å². The molecule has 110 valence electrons. The average molecular weight is 280 g/mol. The minimum atomic E-state index is -0.496. The van der Waals surface area contributed by atoms with Crippen LogP contribution in [-0.2, 0) is 9.05 Å². The molecule has 18 heavy (non-hydrogen) atoms. The van der Waals surface area contributed by atoms with E-state index in [1.54, 1.807) is 0 Å². The molecule has 0 radical (unpaired) electrons. The molecule has 0 bridgehead atoms. The lowest BCUT2D eigenvalue weighted by Crippen LogP contribution is -2.21. The van der Waals surface area contributed by atoms with Crippen molar-refractivity contribution in [1.29, 1.82) is 0 Å². The van der Waals surface area contributed by atoms with Crippen LogP contribution in [0.4, 0.5) is 0 Å². The van der Waals surface area contributed by atoms with Crippen LogP contribution in [0.15, 0.2) is 0 Å². The van der Waals surface area contributed by atoms with E-state index in [4.69, 9.17) is 19.3 Å². The Balaban J connectivity index is 0.000000873. The van der Waals surface area contributed by atoms with E-state index >= 15 is 0 Å². The number of hydrogen-bond donors (Lipinski definition) is 2. The molecule has 1 rings (SSSR count). The molecular weight excluding hydrogens is 251 g/mol. The van der Waals surface area contributed by atoms with Gasteiger partial charge in [0, 0.05) is 0 Å². The molecule has 0 spiro atoms. The van der Waals surface area contributed by atoms with Crippen molar-refractivity contribution < 1.29 is 19.3 Å². The third-order valence-electron chi connectivity index (χ3n) is 2.73. The quantitative estimate of drug-likeness (QED) is 0.734. The molecular formula is C13H29O4P. The van der Waals surface area contributed by atoms with Gasteiger partial charge in [-0.25, -0.2) is 0 Å². The number of rotatable bonds is 6. The summed E-state index contributed by atoms with van der Waals surface area (Å²) in [6, 6.07) is 0. The van der Waals surface area contributed by atoms with Gasteiger partial charge in [-0.1, -0.05) is 40.0 Å². The summed E-state index contributed by atoms with van der Waals surface area (Å²) in [4.78, 5) is 0. The molecule has 1 saturated carbocycles. The molecule has 0 heterocycles. The van der Waals surface area contributed by atoms with Crippen molar-refractivity contribution in [3.05, 3.63) is 0 Å². The fourth-order valence-electron chi connectivity index (χ4n) is 1.78. The fraction of sp³-hybridized carbons (Fsp3) is 1.00. The summed E-state index contributed by atoms with van der Waals surface area (Å²) in [5, 5.41) is 17.5. The molecule has 0 amide bonds. The lowest BCUT2D eigenvalue weighted by molar-refractivity contribution is 0.0522. The molecule has 3 atom stereocenters. The zero-order chi connectivity index (χ0) is 13.8. The summed E-state index contributed by atoms with van der Waals surface area (Å²) in [7, 11) is -0.0733. The first kappa shape index (κ1) is 18.3. The van der Waals surface area contributed by atoms with Gasteiger partial charge in [-0.2, -0.15) is 0 Å². The molecule has 0 aromatic rings. The Morgan fingerprint density at radius 3 is 2.33 bits per heavy atom. The lowest BCUT2D eigenvalue weighted by Gasteiger charge is -2.26. The standard InChI is InChI=1S/C10H21O4P.C3H8/c1-8-3-2-4-9(5-8)13-15-14-10(6-11)7-12;1-3-2/h8-12,15H,2-7H2,1H3;3H2,1-2H3. The molecule has 2 N–H and O–H groups in total. The van der Waals surface area contributed by atoms with Gasteiger partial charge in [-0.05, 0) is 18.8 Å². The van der Waals surface area contributed by atoms with Gasteiger partial charge in [0.25, 0.3) is 0 Å². The third kappa shape index (κ3) is 9.23. The molecule has 1 aliphatic carbocycles. The number of aliphatic hydroxyl groups excluding tert-OH is 2. The van der Waals surface area contributed by atoms with Crippen molar-refractivity contribution in [2.45, 2.75) is 65.1 Å². The van der Waals surface area contributed by atoms with E-state index in [0.717, 1.165) is 18.8 Å². The van der Waals surface area contributed by atoms with Gasteiger partial charge in [-0.15, -0.1) is 0 Å². The van der Waals surface area contributed by atoms with Crippen LogP contribution in [0.1, 0.15) is 52.9 Å². The van der Waals surface area contributed by atoms with Crippen LogP contribution in [0.5, 0.6) is 0 Å². The second-order valence-electron chi connectivity index (χ2n) is 4.91. The van der Waals surface area contributed by atoms with Crippen LogP contribution >= 0.6 is 9.03 Å². The molecule has 3 unspecified atom stereocenters. The largest absolute Gasteiger partial charge is 0.394 e. The van der Waals surface area contributed by atoms with E-state index in [0.29, 0.717) is 6.10 Å². The van der Waals surface area contributed by atoms with Crippen molar-refractivity contribution in [2.75, 3.05) is 13.2 Å². The number of hydrogen-bond acceptors (Lipinski definition) is 4.